The molecule has 0 saturated carbocycles. The molecule has 0 bridgehead atoms. The Morgan fingerprint density at radius 3 is 2.25 bits per heavy atom. The topological polar surface area (TPSA) is 43.8 Å². The van der Waals surface area contributed by atoms with E-state index in [0.29, 0.717) is 0 Å². The number of nitrogen functional groups attached to an aromatic ring is 1. The van der Waals surface area contributed by atoms with Gasteiger partial charge in [0.05, 0.1) is 5.69 Å². The van der Waals surface area contributed by atoms with Crippen LogP contribution in [0.15, 0.2) is 0 Å². The molecule has 0 atom stereocenters. The summed E-state index contributed by atoms with van der Waals surface area (Å²) in [6.45, 7) is 10.8. The lowest BCUT2D eigenvalue weighted by Crippen LogP contribution is -2.25. The molecule has 3 nitrogen and oxygen atoms in total. The van der Waals surface area contributed by atoms with E-state index in [0.717, 1.165) is 36.6 Å². The molecule has 0 aliphatic rings. The van der Waals surface area contributed by atoms with Crippen molar-refractivity contribution in [2.45, 2.75) is 65.8 Å². The maximum absolute atomic E-state index is 6.21. The van der Waals surface area contributed by atoms with Gasteiger partial charge in [0.2, 0.25) is 0 Å². The first-order chi connectivity index (χ1) is 7.41. The Morgan fingerprint density at radius 2 is 1.88 bits per heavy atom. The third kappa shape index (κ3) is 2.57. The number of aryl methyl sites for hydroxylation is 2. The number of rotatable bonds is 4. The van der Waals surface area contributed by atoms with Crippen LogP contribution in [0.5, 0.6) is 0 Å². The lowest BCUT2D eigenvalue weighted by atomic mass is 10.1. The van der Waals surface area contributed by atoms with Gasteiger partial charge in [-0.1, -0.05) is 20.3 Å². The van der Waals surface area contributed by atoms with Gasteiger partial charge < -0.3 is 10.3 Å². The smallest absolute Gasteiger partial charge is 0.127 e. The maximum Gasteiger partial charge on any atom is 0.127 e. The summed E-state index contributed by atoms with van der Waals surface area (Å²) in [5.41, 5.74) is 7.31. The van der Waals surface area contributed by atoms with Crippen LogP contribution in [0.25, 0.3) is 0 Å². The van der Waals surface area contributed by atoms with Gasteiger partial charge in [0.25, 0.3) is 0 Å². The highest BCUT2D eigenvalue weighted by Gasteiger charge is 2.22. The summed E-state index contributed by atoms with van der Waals surface area (Å²) < 4.78 is 2.18. The van der Waals surface area contributed by atoms with Crippen LogP contribution in [0.4, 0.5) is 5.82 Å². The average molecular weight is 223 g/mol. The first-order valence-electron chi connectivity index (χ1n) is 6.28. The highest BCUT2D eigenvalue weighted by Crippen LogP contribution is 2.26. The van der Waals surface area contributed by atoms with Gasteiger partial charge in [-0.3, -0.25) is 0 Å². The lowest BCUT2D eigenvalue weighted by molar-refractivity contribution is 0.389. The highest BCUT2D eigenvalue weighted by molar-refractivity contribution is 5.39. The molecule has 0 fully saturated rings. The van der Waals surface area contributed by atoms with E-state index in [2.05, 4.69) is 44.2 Å². The summed E-state index contributed by atoms with van der Waals surface area (Å²) >= 11 is 0. The molecule has 0 amide bonds. The van der Waals surface area contributed by atoms with Gasteiger partial charge in [0.15, 0.2) is 0 Å². The molecule has 2 N–H and O–H groups in total. The van der Waals surface area contributed by atoms with Crippen LogP contribution in [0.2, 0.25) is 0 Å². The van der Waals surface area contributed by atoms with Gasteiger partial charge in [-0.05, 0) is 33.6 Å². The van der Waals surface area contributed by atoms with Crippen molar-refractivity contribution in [2.24, 2.45) is 0 Å². The molecule has 16 heavy (non-hydrogen) atoms. The van der Waals surface area contributed by atoms with E-state index in [4.69, 9.17) is 5.73 Å². The van der Waals surface area contributed by atoms with Crippen LogP contribution in [-0.2, 0) is 18.4 Å². The van der Waals surface area contributed by atoms with Crippen molar-refractivity contribution in [2.75, 3.05) is 5.73 Å². The Bertz CT molecular complexity index is 345. The van der Waals surface area contributed by atoms with Crippen LogP contribution < -0.4 is 5.73 Å². The van der Waals surface area contributed by atoms with Crippen LogP contribution in [0.1, 0.15) is 59.0 Å². The fourth-order valence-electron chi connectivity index (χ4n) is 2.05. The minimum Gasteiger partial charge on any atom is -0.384 e. The molecule has 1 heterocycles. The van der Waals surface area contributed by atoms with E-state index in [1.54, 1.807) is 0 Å². The third-order valence-electron chi connectivity index (χ3n) is 2.81. The van der Waals surface area contributed by atoms with Crippen molar-refractivity contribution < 1.29 is 0 Å². The Hall–Kier alpha value is -0.990. The van der Waals surface area contributed by atoms with Crippen LogP contribution >= 0.6 is 0 Å². The average Bonchev–Trinajstić information content (AvgIpc) is 2.51. The summed E-state index contributed by atoms with van der Waals surface area (Å²) in [6, 6.07) is 0. The summed E-state index contributed by atoms with van der Waals surface area (Å²) in [5, 5.41) is 0. The zero-order valence-corrected chi connectivity index (χ0v) is 11.3. The van der Waals surface area contributed by atoms with Gasteiger partial charge in [0, 0.05) is 12.0 Å². The minimum atomic E-state index is 0.0207. The first-order valence-corrected chi connectivity index (χ1v) is 6.28. The second-order valence-corrected chi connectivity index (χ2v) is 5.32. The van der Waals surface area contributed by atoms with Crippen molar-refractivity contribution in [1.29, 1.82) is 0 Å². The van der Waals surface area contributed by atoms with Crippen LogP contribution in [-0.4, -0.2) is 9.55 Å². The summed E-state index contributed by atoms with van der Waals surface area (Å²) in [7, 11) is 0. The van der Waals surface area contributed by atoms with E-state index >= 15 is 0 Å². The monoisotopic (exact) mass is 223 g/mol. The molecule has 0 aromatic carbocycles. The number of hydrogen-bond donors (Lipinski definition) is 1. The molecule has 0 saturated heterocycles. The normalized spacial score (nSPS) is 12.1. The van der Waals surface area contributed by atoms with E-state index in [9.17, 15) is 0 Å². The van der Waals surface area contributed by atoms with Crippen LogP contribution in [0, 0.1) is 0 Å². The largest absolute Gasteiger partial charge is 0.384 e. The third-order valence-corrected chi connectivity index (χ3v) is 2.81. The van der Waals surface area contributed by atoms with Gasteiger partial charge in [0.1, 0.15) is 11.6 Å². The first kappa shape index (κ1) is 13.1. The molecule has 3 heteroatoms. The van der Waals surface area contributed by atoms with E-state index in [1.165, 1.54) is 6.42 Å². The molecule has 0 aliphatic carbocycles. The summed E-state index contributed by atoms with van der Waals surface area (Å²) in [5.74, 6) is 1.97. The quantitative estimate of drug-likeness (QED) is 0.852. The van der Waals surface area contributed by atoms with Gasteiger partial charge in [-0.25, -0.2) is 4.98 Å². The Balaban J connectivity index is 3.11. The molecule has 1 aromatic rings. The fourth-order valence-corrected chi connectivity index (χ4v) is 2.05. The predicted molar refractivity (Wildman–Crippen MR) is 69.6 cm³/mol. The molecular weight excluding hydrogens is 198 g/mol. The summed E-state index contributed by atoms with van der Waals surface area (Å²) in [6.07, 6.45) is 4.28. The SMILES string of the molecule is CCCCc1nc(CC)n(C(C)(C)C)c1N. The van der Waals surface area contributed by atoms with Gasteiger partial charge >= 0.3 is 0 Å². The zero-order chi connectivity index (χ0) is 12.3. The number of aromatic nitrogens is 2. The molecule has 1 rings (SSSR count). The number of hydrogen-bond acceptors (Lipinski definition) is 2. The standard InChI is InChI=1S/C13H25N3/c1-6-8-9-10-12(14)16(13(3,4)5)11(7-2)15-10/h6-9,14H2,1-5H3. The zero-order valence-electron chi connectivity index (χ0n) is 11.3. The summed E-state index contributed by atoms with van der Waals surface area (Å²) in [4.78, 5) is 4.67. The van der Waals surface area contributed by atoms with E-state index < -0.39 is 0 Å². The molecule has 0 spiro atoms. The lowest BCUT2D eigenvalue weighted by Gasteiger charge is -2.24. The molecular formula is C13H25N3. The molecule has 1 aromatic heterocycles. The number of nitrogens with two attached hydrogens (primary N) is 1. The predicted octanol–water partition coefficient (Wildman–Crippen LogP) is 3.13. The number of unbranched alkanes of at least 4 members (excludes halogenated alkanes) is 1. The minimum absolute atomic E-state index is 0.0207. The number of nitrogens with zero attached hydrogens (tertiary/aromatic N) is 2. The molecule has 0 radical (unpaired) electrons. The van der Waals surface area contributed by atoms with E-state index in [1.807, 2.05) is 0 Å². The van der Waals surface area contributed by atoms with E-state index in [-0.39, 0.29) is 5.54 Å². The van der Waals surface area contributed by atoms with Crippen molar-refractivity contribution in [3.63, 3.8) is 0 Å². The van der Waals surface area contributed by atoms with Gasteiger partial charge in [-0.15, -0.1) is 0 Å². The van der Waals surface area contributed by atoms with Crippen molar-refractivity contribution in [3.8, 4) is 0 Å². The molecule has 92 valence electrons. The van der Waals surface area contributed by atoms with Crippen LogP contribution in [0.3, 0.4) is 0 Å². The molecule has 0 aliphatic heterocycles. The van der Waals surface area contributed by atoms with Gasteiger partial charge in [-0.2, -0.15) is 0 Å². The fraction of sp³-hybridized carbons (Fsp3) is 0.769. The number of imidazole rings is 1. The Morgan fingerprint density at radius 1 is 1.25 bits per heavy atom. The Labute approximate surface area is 99.1 Å². The Kier molecular flexibility index (Phi) is 4.00. The second-order valence-electron chi connectivity index (χ2n) is 5.32. The van der Waals surface area contributed by atoms with Crippen molar-refractivity contribution in [1.82, 2.24) is 9.55 Å². The molecule has 0 unspecified atom stereocenters. The number of anilines is 1. The maximum atomic E-state index is 6.21. The van der Waals surface area contributed by atoms with Crippen molar-refractivity contribution >= 4 is 5.82 Å². The highest BCUT2D eigenvalue weighted by atomic mass is 15.2. The van der Waals surface area contributed by atoms with Crippen molar-refractivity contribution in [3.05, 3.63) is 11.5 Å². The second kappa shape index (κ2) is 4.89.